The third-order valence-electron chi connectivity index (χ3n) is 2.76. The zero-order valence-electron chi connectivity index (χ0n) is 10.7. The summed E-state index contributed by atoms with van der Waals surface area (Å²) in [6.45, 7) is 6.67. The summed E-state index contributed by atoms with van der Waals surface area (Å²) in [5, 5.41) is 9.38. The summed E-state index contributed by atoms with van der Waals surface area (Å²) in [6, 6.07) is 8.15. The van der Waals surface area contributed by atoms with Crippen LogP contribution in [-0.2, 0) is 5.75 Å². The molecule has 17 heavy (non-hydrogen) atoms. The van der Waals surface area contributed by atoms with Crippen LogP contribution in [0.3, 0.4) is 0 Å². The molecule has 1 unspecified atom stereocenters. The van der Waals surface area contributed by atoms with Gasteiger partial charge in [-0.2, -0.15) is 11.8 Å². The van der Waals surface area contributed by atoms with Crippen molar-refractivity contribution in [2.45, 2.75) is 31.8 Å². The number of hydrogen-bond acceptors (Lipinski definition) is 2. The lowest BCUT2D eigenvalue weighted by atomic mass is 10.1. The van der Waals surface area contributed by atoms with Crippen LogP contribution < -0.4 is 0 Å². The molecule has 0 amide bonds. The molecule has 0 aromatic heterocycles. The predicted molar refractivity (Wildman–Crippen MR) is 76.0 cm³/mol. The number of aliphatic hydroxyl groups excluding tert-OH is 1. The Bertz CT molecular complexity index is 401. The smallest absolute Gasteiger partial charge is 0.104 e. The fourth-order valence-electron chi connectivity index (χ4n) is 1.32. The molecule has 0 fully saturated rings. The van der Waals surface area contributed by atoms with Crippen molar-refractivity contribution in [1.82, 2.24) is 0 Å². The molecule has 0 bridgehead atoms. The molecule has 0 heterocycles. The molecular formula is C15H20OS. The van der Waals surface area contributed by atoms with Crippen molar-refractivity contribution in [2.24, 2.45) is 5.92 Å². The first-order valence-electron chi connectivity index (χ1n) is 5.94. The van der Waals surface area contributed by atoms with Gasteiger partial charge in [-0.25, -0.2) is 0 Å². The van der Waals surface area contributed by atoms with Crippen LogP contribution in [0.2, 0.25) is 0 Å². The number of thioether (sulfide) groups is 1. The second-order valence-corrected chi connectivity index (χ2v) is 5.74. The third-order valence-corrected chi connectivity index (χ3v) is 4.31. The molecule has 1 nitrogen and oxygen atoms in total. The summed E-state index contributed by atoms with van der Waals surface area (Å²) >= 11 is 1.95. The maximum atomic E-state index is 8.73. The Kier molecular flexibility index (Phi) is 6.18. The van der Waals surface area contributed by atoms with Gasteiger partial charge in [-0.15, -0.1) is 0 Å². The van der Waals surface area contributed by atoms with Gasteiger partial charge in [0.25, 0.3) is 0 Å². The Morgan fingerprint density at radius 2 is 1.94 bits per heavy atom. The maximum Gasteiger partial charge on any atom is 0.104 e. The molecule has 0 aliphatic rings. The zero-order valence-corrected chi connectivity index (χ0v) is 11.6. The minimum Gasteiger partial charge on any atom is -0.384 e. The first-order chi connectivity index (χ1) is 8.15. The van der Waals surface area contributed by atoms with Crippen molar-refractivity contribution < 1.29 is 5.11 Å². The molecule has 0 saturated heterocycles. The number of aliphatic hydroxyl groups is 1. The van der Waals surface area contributed by atoms with E-state index in [1.165, 1.54) is 5.56 Å². The lowest BCUT2D eigenvalue weighted by Gasteiger charge is -2.15. The van der Waals surface area contributed by atoms with E-state index < -0.39 is 0 Å². The van der Waals surface area contributed by atoms with Crippen LogP contribution in [0.15, 0.2) is 24.3 Å². The van der Waals surface area contributed by atoms with Gasteiger partial charge in [0.05, 0.1) is 0 Å². The van der Waals surface area contributed by atoms with Gasteiger partial charge >= 0.3 is 0 Å². The van der Waals surface area contributed by atoms with Crippen molar-refractivity contribution in [3.63, 3.8) is 0 Å². The highest BCUT2D eigenvalue weighted by molar-refractivity contribution is 7.99. The van der Waals surface area contributed by atoms with E-state index >= 15 is 0 Å². The van der Waals surface area contributed by atoms with Crippen molar-refractivity contribution in [3.05, 3.63) is 35.4 Å². The quantitative estimate of drug-likeness (QED) is 0.825. The minimum absolute atomic E-state index is 0.0795. The SMILES string of the molecule is CC(C)C(C)SCc1ccccc1C#CCO. The topological polar surface area (TPSA) is 20.2 Å². The Balaban J connectivity index is 2.70. The molecule has 0 spiro atoms. The van der Waals surface area contributed by atoms with Crippen LogP contribution in [0.1, 0.15) is 31.9 Å². The van der Waals surface area contributed by atoms with Gasteiger partial charge in [0, 0.05) is 16.6 Å². The van der Waals surface area contributed by atoms with E-state index in [2.05, 4.69) is 38.7 Å². The lowest BCUT2D eigenvalue weighted by Crippen LogP contribution is -2.06. The maximum absolute atomic E-state index is 8.73. The molecule has 1 aromatic rings. The standard InChI is InChI=1S/C15H20OS/c1-12(2)13(3)17-11-15-8-5-4-7-14(15)9-6-10-16/h4-5,7-8,12-13,16H,10-11H2,1-3H3. The van der Waals surface area contributed by atoms with Crippen LogP contribution in [0.4, 0.5) is 0 Å². The van der Waals surface area contributed by atoms with E-state index in [1.807, 2.05) is 30.0 Å². The molecule has 1 aromatic carbocycles. The minimum atomic E-state index is -0.0795. The monoisotopic (exact) mass is 248 g/mol. The Morgan fingerprint density at radius 1 is 1.24 bits per heavy atom. The average molecular weight is 248 g/mol. The van der Waals surface area contributed by atoms with Crippen molar-refractivity contribution >= 4 is 11.8 Å². The fourth-order valence-corrected chi connectivity index (χ4v) is 2.40. The molecule has 0 radical (unpaired) electrons. The van der Waals surface area contributed by atoms with Crippen molar-refractivity contribution in [3.8, 4) is 11.8 Å². The van der Waals surface area contributed by atoms with Gasteiger partial charge in [-0.05, 0) is 17.5 Å². The Hall–Kier alpha value is -0.910. The van der Waals surface area contributed by atoms with Crippen LogP contribution >= 0.6 is 11.8 Å². The van der Waals surface area contributed by atoms with E-state index in [-0.39, 0.29) is 6.61 Å². The number of hydrogen-bond donors (Lipinski definition) is 1. The summed E-state index contributed by atoms with van der Waals surface area (Å²) in [4.78, 5) is 0. The normalized spacial score (nSPS) is 12.1. The first-order valence-corrected chi connectivity index (χ1v) is 6.99. The zero-order chi connectivity index (χ0) is 12.7. The highest BCUT2D eigenvalue weighted by Crippen LogP contribution is 2.24. The van der Waals surface area contributed by atoms with Crippen molar-refractivity contribution in [2.75, 3.05) is 6.61 Å². The van der Waals surface area contributed by atoms with Crippen LogP contribution in [0.25, 0.3) is 0 Å². The molecular weight excluding hydrogens is 228 g/mol. The van der Waals surface area contributed by atoms with Crippen LogP contribution in [0, 0.1) is 17.8 Å². The summed E-state index contributed by atoms with van der Waals surface area (Å²) in [5.74, 6) is 7.39. The average Bonchev–Trinajstić information content (AvgIpc) is 2.34. The fraction of sp³-hybridized carbons (Fsp3) is 0.467. The van der Waals surface area contributed by atoms with E-state index in [0.717, 1.165) is 11.3 Å². The summed E-state index contributed by atoms with van der Waals surface area (Å²) in [5.41, 5.74) is 2.29. The highest BCUT2D eigenvalue weighted by Gasteiger charge is 2.08. The second-order valence-electron chi connectivity index (χ2n) is 4.38. The molecule has 1 rings (SSSR count). The third kappa shape index (κ3) is 4.85. The lowest BCUT2D eigenvalue weighted by molar-refractivity contribution is 0.350. The second kappa shape index (κ2) is 7.42. The highest BCUT2D eigenvalue weighted by atomic mass is 32.2. The molecule has 2 heteroatoms. The van der Waals surface area contributed by atoms with Crippen molar-refractivity contribution in [1.29, 1.82) is 0 Å². The largest absolute Gasteiger partial charge is 0.384 e. The molecule has 1 atom stereocenters. The van der Waals surface area contributed by atoms with Crippen LogP contribution in [-0.4, -0.2) is 17.0 Å². The van der Waals surface area contributed by atoms with Gasteiger partial charge in [0.2, 0.25) is 0 Å². The van der Waals surface area contributed by atoms with E-state index in [1.54, 1.807) is 0 Å². The van der Waals surface area contributed by atoms with E-state index in [4.69, 9.17) is 5.11 Å². The van der Waals surface area contributed by atoms with Gasteiger partial charge in [-0.3, -0.25) is 0 Å². The van der Waals surface area contributed by atoms with E-state index in [9.17, 15) is 0 Å². The van der Waals surface area contributed by atoms with Gasteiger partial charge < -0.3 is 5.11 Å². The Labute approximate surface area is 109 Å². The number of benzene rings is 1. The van der Waals surface area contributed by atoms with Gasteiger partial charge in [-0.1, -0.05) is 50.8 Å². The molecule has 0 aliphatic carbocycles. The summed E-state index contributed by atoms with van der Waals surface area (Å²) < 4.78 is 0. The molecule has 0 aliphatic heterocycles. The number of rotatable bonds is 4. The van der Waals surface area contributed by atoms with E-state index in [0.29, 0.717) is 11.2 Å². The molecule has 0 saturated carbocycles. The first kappa shape index (κ1) is 14.2. The molecule has 1 N–H and O–H groups in total. The van der Waals surface area contributed by atoms with Crippen LogP contribution in [0.5, 0.6) is 0 Å². The predicted octanol–water partition coefficient (Wildman–Crippen LogP) is 3.31. The van der Waals surface area contributed by atoms with Gasteiger partial charge in [0.1, 0.15) is 6.61 Å². The summed E-state index contributed by atoms with van der Waals surface area (Å²) in [7, 11) is 0. The summed E-state index contributed by atoms with van der Waals surface area (Å²) in [6.07, 6.45) is 0. The Morgan fingerprint density at radius 3 is 2.59 bits per heavy atom. The van der Waals surface area contributed by atoms with Gasteiger partial charge in [0.15, 0.2) is 0 Å². The molecule has 92 valence electrons.